The highest BCUT2D eigenvalue weighted by molar-refractivity contribution is 5.67. The fraction of sp³-hybridized carbons (Fsp3) is 0.737. The molecule has 0 unspecified atom stereocenters. The van der Waals surface area contributed by atoms with Gasteiger partial charge in [0.15, 0.2) is 0 Å². The number of rotatable bonds is 60. The van der Waals surface area contributed by atoms with Gasteiger partial charge in [0, 0.05) is 25.7 Å². The summed E-state index contributed by atoms with van der Waals surface area (Å²) >= 11 is 0. The Morgan fingerprint density at radius 3 is 0.464 bits per heavy atom. The molecule has 0 saturated carbocycles. The van der Waals surface area contributed by atoms with Gasteiger partial charge in [0.2, 0.25) is 0 Å². The molecule has 488 valence electrons. The molecule has 84 heavy (non-hydrogen) atoms. The second-order valence-corrected chi connectivity index (χ2v) is 23.0. The fourth-order valence-electron chi connectivity index (χ4n) is 9.14. The second kappa shape index (κ2) is 83.0. The second-order valence-electron chi connectivity index (χ2n) is 23.0. The van der Waals surface area contributed by atoms with Crippen LogP contribution in [0.15, 0.2) is 97.2 Å². The van der Waals surface area contributed by atoms with E-state index in [1.807, 2.05) is 0 Å². The molecule has 0 heterocycles. The minimum Gasteiger partial charge on any atom is -0.481 e. The maximum atomic E-state index is 10.3. The van der Waals surface area contributed by atoms with E-state index in [1.165, 1.54) is 244 Å². The maximum absolute atomic E-state index is 10.3. The van der Waals surface area contributed by atoms with E-state index >= 15 is 0 Å². The minimum atomic E-state index is -0.668. The maximum Gasteiger partial charge on any atom is 0.303 e. The van der Waals surface area contributed by atoms with E-state index in [-0.39, 0.29) is 0 Å². The Morgan fingerprint density at radius 1 is 0.190 bits per heavy atom. The normalized spacial score (nSPS) is 11.7. The third-order valence-corrected chi connectivity index (χ3v) is 14.5. The van der Waals surface area contributed by atoms with Gasteiger partial charge in [0.25, 0.3) is 0 Å². The zero-order valence-electron chi connectivity index (χ0n) is 55.4. The van der Waals surface area contributed by atoms with Crippen molar-refractivity contribution in [2.45, 2.75) is 362 Å². The summed E-state index contributed by atoms with van der Waals surface area (Å²) in [6.45, 7) is 8.96. The van der Waals surface area contributed by atoms with Crippen molar-refractivity contribution < 1.29 is 39.6 Å². The first-order valence-electron chi connectivity index (χ1n) is 35.2. The zero-order valence-corrected chi connectivity index (χ0v) is 55.4. The highest BCUT2D eigenvalue weighted by atomic mass is 16.4. The first-order chi connectivity index (χ1) is 41.1. The van der Waals surface area contributed by atoms with Gasteiger partial charge < -0.3 is 20.4 Å². The van der Waals surface area contributed by atoms with Crippen molar-refractivity contribution in [3.05, 3.63) is 97.2 Å². The average Bonchev–Trinajstić information content (AvgIpc) is 3.47. The van der Waals surface area contributed by atoms with Crippen LogP contribution in [0, 0.1) is 0 Å². The van der Waals surface area contributed by atoms with Crippen LogP contribution in [-0.4, -0.2) is 44.3 Å². The van der Waals surface area contributed by atoms with E-state index in [9.17, 15) is 19.2 Å². The van der Waals surface area contributed by atoms with Crippen LogP contribution in [0.4, 0.5) is 0 Å². The molecule has 0 bridgehead atoms. The molecule has 0 aromatic carbocycles. The molecule has 0 aromatic heterocycles. The lowest BCUT2D eigenvalue weighted by molar-refractivity contribution is -0.138. The van der Waals surface area contributed by atoms with Gasteiger partial charge in [-0.2, -0.15) is 0 Å². The molecule has 0 atom stereocenters. The Kier molecular flexibility index (Phi) is 85.2. The molecule has 0 aliphatic rings. The summed E-state index contributed by atoms with van der Waals surface area (Å²) in [5.74, 6) is -2.67. The van der Waals surface area contributed by atoms with Crippen molar-refractivity contribution >= 4 is 23.9 Å². The molecule has 8 heteroatoms. The third kappa shape index (κ3) is 99.8. The highest BCUT2D eigenvalue weighted by Gasteiger charge is 2.00. The number of hydrogen-bond acceptors (Lipinski definition) is 4. The molecular formula is C76H136O8. The molecule has 0 aliphatic carbocycles. The predicted molar refractivity (Wildman–Crippen MR) is 366 cm³/mol. The van der Waals surface area contributed by atoms with Crippen molar-refractivity contribution in [1.82, 2.24) is 0 Å². The lowest BCUT2D eigenvalue weighted by atomic mass is 10.1. The monoisotopic (exact) mass is 1180 g/mol. The quantitative estimate of drug-likeness (QED) is 0.0347. The van der Waals surface area contributed by atoms with Crippen LogP contribution in [0.3, 0.4) is 0 Å². The van der Waals surface area contributed by atoms with Crippen LogP contribution in [0.2, 0.25) is 0 Å². The first-order valence-corrected chi connectivity index (χ1v) is 35.2. The van der Waals surface area contributed by atoms with E-state index in [1.54, 1.807) is 0 Å². The Bertz CT molecular complexity index is 1470. The average molecular weight is 1180 g/mol. The SMILES string of the molecule is CCCCC/C=C/C=C/CCCCCCCCCC(=O)O.CCCCC/C=C\C=C\CCCCCCCCCC(=O)O.CCCCCC/C=C/C=C/CCCCCCCCC(=O)O.CCCCCC/C=C/C=C\CCCCCCCCC(=O)O. The van der Waals surface area contributed by atoms with Crippen molar-refractivity contribution in [2.75, 3.05) is 0 Å². The standard InChI is InChI=1S/4C19H34O2/c4*1-2-3-4-5-6-7-8-9-10-11-12-13-14-15-16-17-18-19(20)21/h2*7-10H,2-6,11-18H2,1H3,(H,20,21);2*6-9H,2-5,10-18H2,1H3,(H,20,21)/b8-7+,10-9+;8-7+,10-9-;7-6+,9-8+;7-6-,9-8+. The van der Waals surface area contributed by atoms with E-state index in [4.69, 9.17) is 20.4 Å². The summed E-state index contributed by atoms with van der Waals surface area (Å²) < 4.78 is 0. The predicted octanol–water partition coefficient (Wildman–Crippen LogP) is 25.1. The molecule has 0 spiro atoms. The molecule has 0 radical (unpaired) electrons. The Morgan fingerprint density at radius 2 is 0.310 bits per heavy atom. The summed E-state index contributed by atoms with van der Waals surface area (Å²) in [6.07, 6.45) is 95.0. The Labute approximate surface area is 519 Å². The van der Waals surface area contributed by atoms with Crippen LogP contribution in [0.5, 0.6) is 0 Å². The van der Waals surface area contributed by atoms with Gasteiger partial charge in [0.1, 0.15) is 0 Å². The number of carboxylic acid groups (broad SMARTS) is 4. The number of unbranched alkanes of at least 4 members (excludes halogenated alkanes) is 40. The van der Waals surface area contributed by atoms with Crippen LogP contribution in [0.1, 0.15) is 362 Å². The Hall–Kier alpha value is -4.20. The largest absolute Gasteiger partial charge is 0.481 e. The van der Waals surface area contributed by atoms with Crippen molar-refractivity contribution in [2.24, 2.45) is 0 Å². The summed E-state index contributed by atoms with van der Waals surface area (Å²) in [4.78, 5) is 41.3. The molecule has 8 nitrogen and oxygen atoms in total. The number of aliphatic carboxylic acids is 4. The molecule has 4 N–H and O–H groups in total. The van der Waals surface area contributed by atoms with Gasteiger partial charge in [-0.3, -0.25) is 19.2 Å². The molecule has 0 rings (SSSR count). The molecule has 0 saturated heterocycles. The van der Waals surface area contributed by atoms with E-state index < -0.39 is 23.9 Å². The Balaban J connectivity index is -0.000000508. The van der Waals surface area contributed by atoms with Crippen molar-refractivity contribution in [3.8, 4) is 0 Å². The molecule has 0 amide bonds. The third-order valence-electron chi connectivity index (χ3n) is 14.5. The topological polar surface area (TPSA) is 149 Å². The van der Waals surface area contributed by atoms with Gasteiger partial charge >= 0.3 is 23.9 Å². The minimum absolute atomic E-state index is 0.327. The van der Waals surface area contributed by atoms with Gasteiger partial charge in [-0.1, -0.05) is 305 Å². The van der Waals surface area contributed by atoms with E-state index in [0.29, 0.717) is 25.7 Å². The molecule has 0 aromatic rings. The van der Waals surface area contributed by atoms with Gasteiger partial charge in [-0.05, 0) is 128 Å². The van der Waals surface area contributed by atoms with Crippen LogP contribution in [-0.2, 0) is 19.2 Å². The van der Waals surface area contributed by atoms with Crippen LogP contribution < -0.4 is 0 Å². The fourth-order valence-corrected chi connectivity index (χ4v) is 9.14. The molecular weight excluding hydrogens is 1040 g/mol. The number of carbonyl (C=O) groups is 4. The number of hydrogen-bond donors (Lipinski definition) is 4. The molecule has 0 fully saturated rings. The zero-order chi connectivity index (χ0) is 62.4. The van der Waals surface area contributed by atoms with E-state index in [0.717, 1.165) is 64.2 Å². The summed E-state index contributed by atoms with van der Waals surface area (Å²) in [6, 6.07) is 0. The summed E-state index contributed by atoms with van der Waals surface area (Å²) in [7, 11) is 0. The number of allylic oxidation sites excluding steroid dienone is 16. The van der Waals surface area contributed by atoms with Gasteiger partial charge in [-0.15, -0.1) is 0 Å². The molecule has 0 aliphatic heterocycles. The van der Waals surface area contributed by atoms with Gasteiger partial charge in [-0.25, -0.2) is 0 Å². The van der Waals surface area contributed by atoms with E-state index in [2.05, 4.69) is 125 Å². The van der Waals surface area contributed by atoms with Crippen molar-refractivity contribution in [3.63, 3.8) is 0 Å². The lowest BCUT2D eigenvalue weighted by Gasteiger charge is -1.99. The highest BCUT2D eigenvalue weighted by Crippen LogP contribution is 2.14. The summed E-state index contributed by atoms with van der Waals surface area (Å²) in [5.41, 5.74) is 0. The lowest BCUT2D eigenvalue weighted by Crippen LogP contribution is -1.93. The van der Waals surface area contributed by atoms with Crippen LogP contribution in [0.25, 0.3) is 0 Å². The smallest absolute Gasteiger partial charge is 0.303 e. The summed E-state index contributed by atoms with van der Waals surface area (Å²) in [5, 5.41) is 34.1. The number of carboxylic acids is 4. The van der Waals surface area contributed by atoms with Crippen molar-refractivity contribution in [1.29, 1.82) is 0 Å². The van der Waals surface area contributed by atoms with Gasteiger partial charge in [0.05, 0.1) is 0 Å². The van der Waals surface area contributed by atoms with Crippen LogP contribution >= 0.6 is 0 Å². The first kappa shape index (κ1) is 86.2.